The van der Waals surface area contributed by atoms with Crippen molar-refractivity contribution < 1.29 is 4.74 Å². The van der Waals surface area contributed by atoms with Crippen molar-refractivity contribution in [3.05, 3.63) is 44.1 Å². The van der Waals surface area contributed by atoms with Gasteiger partial charge in [0.25, 0.3) is 0 Å². The van der Waals surface area contributed by atoms with E-state index >= 15 is 0 Å². The quantitative estimate of drug-likeness (QED) is 0.429. The van der Waals surface area contributed by atoms with E-state index in [1.54, 1.807) is 11.3 Å². The Hall–Kier alpha value is -0.920. The van der Waals surface area contributed by atoms with Gasteiger partial charge in [-0.3, -0.25) is 0 Å². The minimum absolute atomic E-state index is 0.211. The van der Waals surface area contributed by atoms with Crippen LogP contribution in [0.15, 0.2) is 30.3 Å². The van der Waals surface area contributed by atoms with Gasteiger partial charge >= 0.3 is 0 Å². The molecule has 0 spiro atoms. The van der Waals surface area contributed by atoms with Crippen molar-refractivity contribution in [2.75, 3.05) is 0 Å². The van der Waals surface area contributed by atoms with Crippen LogP contribution in [0.2, 0.25) is 5.28 Å². The van der Waals surface area contributed by atoms with Gasteiger partial charge in [0, 0.05) is 8.45 Å². The van der Waals surface area contributed by atoms with Crippen LogP contribution < -0.4 is 4.74 Å². The SMILES string of the molecule is CCc1cc2c(Oc3ccc(I)cc3)nc(Cl)nc2s1. The third-order valence-electron chi connectivity index (χ3n) is 2.76. The molecule has 0 bridgehead atoms. The highest BCUT2D eigenvalue weighted by atomic mass is 127. The summed E-state index contributed by atoms with van der Waals surface area (Å²) in [6.45, 7) is 2.11. The second-order valence-electron chi connectivity index (χ2n) is 4.14. The molecule has 2 aromatic heterocycles. The first-order valence-corrected chi connectivity index (χ1v) is 8.32. The molecule has 102 valence electrons. The Morgan fingerprint density at radius 2 is 2.00 bits per heavy atom. The highest BCUT2D eigenvalue weighted by Crippen LogP contribution is 2.34. The normalized spacial score (nSPS) is 10.9. The fourth-order valence-corrected chi connectivity index (χ4v) is 3.32. The first-order valence-electron chi connectivity index (χ1n) is 6.05. The molecule has 2 heterocycles. The average molecular weight is 417 g/mol. The van der Waals surface area contributed by atoms with E-state index in [-0.39, 0.29) is 5.28 Å². The fourth-order valence-electron chi connectivity index (χ4n) is 1.79. The second-order valence-corrected chi connectivity index (χ2v) is 6.84. The minimum Gasteiger partial charge on any atom is -0.438 e. The van der Waals surface area contributed by atoms with Gasteiger partial charge in [-0.2, -0.15) is 4.98 Å². The lowest BCUT2D eigenvalue weighted by Gasteiger charge is -2.06. The molecule has 0 N–H and O–H groups in total. The van der Waals surface area contributed by atoms with Crippen molar-refractivity contribution in [2.45, 2.75) is 13.3 Å². The number of aryl methyl sites for hydroxylation is 1. The van der Waals surface area contributed by atoms with Crippen LogP contribution in [0.1, 0.15) is 11.8 Å². The molecule has 1 aromatic carbocycles. The molecule has 0 saturated carbocycles. The molecule has 0 radical (unpaired) electrons. The van der Waals surface area contributed by atoms with Crippen molar-refractivity contribution in [1.29, 1.82) is 0 Å². The number of nitrogens with zero attached hydrogens (tertiary/aromatic N) is 2. The molecule has 3 rings (SSSR count). The van der Waals surface area contributed by atoms with E-state index < -0.39 is 0 Å². The molecule has 3 aromatic rings. The number of rotatable bonds is 3. The molecule has 0 atom stereocenters. The molecular formula is C14H10ClIN2OS. The van der Waals surface area contributed by atoms with Crippen LogP contribution in [-0.4, -0.2) is 9.97 Å². The number of thiophene rings is 1. The zero-order chi connectivity index (χ0) is 14.1. The molecule has 20 heavy (non-hydrogen) atoms. The van der Waals surface area contributed by atoms with E-state index in [0.717, 1.165) is 26.0 Å². The molecule has 3 nitrogen and oxygen atoms in total. The predicted octanol–water partition coefficient (Wildman–Crippen LogP) is 5.30. The lowest BCUT2D eigenvalue weighted by molar-refractivity contribution is 0.468. The van der Waals surface area contributed by atoms with Gasteiger partial charge in [-0.15, -0.1) is 11.3 Å². The highest BCUT2D eigenvalue weighted by Gasteiger charge is 2.12. The summed E-state index contributed by atoms with van der Waals surface area (Å²) in [5.74, 6) is 1.25. The number of aromatic nitrogens is 2. The summed E-state index contributed by atoms with van der Waals surface area (Å²) in [7, 11) is 0. The second kappa shape index (κ2) is 5.83. The minimum atomic E-state index is 0.211. The van der Waals surface area contributed by atoms with Crippen LogP contribution >= 0.6 is 45.5 Å². The molecule has 0 fully saturated rings. The van der Waals surface area contributed by atoms with E-state index in [9.17, 15) is 0 Å². The number of hydrogen-bond donors (Lipinski definition) is 0. The van der Waals surface area contributed by atoms with E-state index in [1.807, 2.05) is 24.3 Å². The van der Waals surface area contributed by atoms with Gasteiger partial charge in [-0.05, 0) is 70.9 Å². The van der Waals surface area contributed by atoms with Gasteiger partial charge in [0.05, 0.1) is 5.39 Å². The summed E-state index contributed by atoms with van der Waals surface area (Å²) in [5, 5.41) is 1.12. The van der Waals surface area contributed by atoms with E-state index in [2.05, 4.69) is 45.5 Å². The fraction of sp³-hybridized carbons (Fsp3) is 0.143. The smallest absolute Gasteiger partial charge is 0.232 e. The van der Waals surface area contributed by atoms with Crippen LogP contribution in [0.3, 0.4) is 0 Å². The van der Waals surface area contributed by atoms with Gasteiger partial charge in [-0.1, -0.05) is 6.92 Å². The lowest BCUT2D eigenvalue weighted by Crippen LogP contribution is -1.91. The van der Waals surface area contributed by atoms with Crippen molar-refractivity contribution in [3.63, 3.8) is 0 Å². The molecule has 0 aliphatic heterocycles. The van der Waals surface area contributed by atoms with E-state index in [4.69, 9.17) is 16.3 Å². The van der Waals surface area contributed by atoms with Gasteiger partial charge in [-0.25, -0.2) is 4.98 Å². The molecular weight excluding hydrogens is 407 g/mol. The number of halogens is 2. The lowest BCUT2D eigenvalue weighted by atomic mass is 10.3. The predicted molar refractivity (Wildman–Crippen MR) is 91.0 cm³/mol. The molecule has 0 saturated heterocycles. The van der Waals surface area contributed by atoms with Crippen molar-refractivity contribution in [2.24, 2.45) is 0 Å². The number of benzene rings is 1. The monoisotopic (exact) mass is 416 g/mol. The van der Waals surface area contributed by atoms with Gasteiger partial charge in [0.2, 0.25) is 11.2 Å². The summed E-state index contributed by atoms with van der Waals surface area (Å²) >= 11 is 9.85. The molecule has 0 aliphatic carbocycles. The van der Waals surface area contributed by atoms with Crippen LogP contribution in [0.4, 0.5) is 0 Å². The van der Waals surface area contributed by atoms with Crippen LogP contribution in [0, 0.1) is 3.57 Å². The maximum Gasteiger partial charge on any atom is 0.232 e. The standard InChI is InChI=1S/C14H10ClIN2OS/c1-2-10-7-11-12(17-14(15)18-13(11)20-10)19-9-5-3-8(16)4-6-9/h3-7H,2H2,1H3. The van der Waals surface area contributed by atoms with Crippen molar-refractivity contribution >= 4 is 55.7 Å². The molecule has 0 amide bonds. The summed E-state index contributed by atoms with van der Waals surface area (Å²) in [4.78, 5) is 10.6. The van der Waals surface area contributed by atoms with Gasteiger partial charge in [0.1, 0.15) is 10.6 Å². The summed E-state index contributed by atoms with van der Waals surface area (Å²) in [6.07, 6.45) is 0.960. The largest absolute Gasteiger partial charge is 0.438 e. The Morgan fingerprint density at radius 1 is 1.25 bits per heavy atom. The highest BCUT2D eigenvalue weighted by molar-refractivity contribution is 14.1. The van der Waals surface area contributed by atoms with Gasteiger partial charge < -0.3 is 4.74 Å². The number of ether oxygens (including phenoxy) is 1. The van der Waals surface area contributed by atoms with Crippen LogP contribution in [-0.2, 0) is 6.42 Å². The Kier molecular flexibility index (Phi) is 4.09. The summed E-state index contributed by atoms with van der Waals surface area (Å²) in [6, 6.07) is 9.87. The Labute approximate surface area is 139 Å². The number of hydrogen-bond acceptors (Lipinski definition) is 4. The zero-order valence-electron chi connectivity index (χ0n) is 10.6. The first-order chi connectivity index (χ1) is 9.65. The van der Waals surface area contributed by atoms with Crippen molar-refractivity contribution in [3.8, 4) is 11.6 Å². The first kappa shape index (κ1) is 14.0. The van der Waals surface area contributed by atoms with Crippen LogP contribution in [0.5, 0.6) is 11.6 Å². The summed E-state index contributed by atoms with van der Waals surface area (Å²) in [5.41, 5.74) is 0. The summed E-state index contributed by atoms with van der Waals surface area (Å²) < 4.78 is 7.01. The van der Waals surface area contributed by atoms with Gasteiger partial charge in [0.15, 0.2) is 0 Å². The Morgan fingerprint density at radius 3 is 2.70 bits per heavy atom. The number of fused-ring (bicyclic) bond motifs is 1. The third-order valence-corrected chi connectivity index (χ3v) is 4.82. The maximum absolute atomic E-state index is 5.97. The van der Waals surface area contributed by atoms with Crippen molar-refractivity contribution in [1.82, 2.24) is 9.97 Å². The third kappa shape index (κ3) is 2.89. The van der Waals surface area contributed by atoms with E-state index in [1.165, 1.54) is 4.88 Å². The maximum atomic E-state index is 5.97. The average Bonchev–Trinajstić information content (AvgIpc) is 2.84. The Bertz CT molecular complexity index is 758. The Balaban J connectivity index is 2.05. The molecule has 6 heteroatoms. The van der Waals surface area contributed by atoms with E-state index in [0.29, 0.717) is 5.88 Å². The zero-order valence-corrected chi connectivity index (χ0v) is 14.3. The van der Waals surface area contributed by atoms with Crippen LogP contribution in [0.25, 0.3) is 10.2 Å². The molecule has 0 unspecified atom stereocenters. The molecule has 0 aliphatic rings. The topological polar surface area (TPSA) is 35.0 Å².